The van der Waals surface area contributed by atoms with E-state index in [0.717, 1.165) is 4.42 Å². The first-order chi connectivity index (χ1) is 14.6. The van der Waals surface area contributed by atoms with Crippen LogP contribution in [0.15, 0.2) is 35.5 Å². The lowest BCUT2D eigenvalue weighted by Crippen LogP contribution is -2.47. The van der Waals surface area contributed by atoms with Crippen LogP contribution in [-0.2, 0) is 14.8 Å². The third-order valence-electron chi connectivity index (χ3n) is 5.10. The molecule has 2 heterocycles. The molecule has 1 saturated heterocycles. The zero-order valence-electron chi connectivity index (χ0n) is 17.4. The van der Waals surface area contributed by atoms with Crippen LogP contribution in [0, 0.1) is 5.41 Å². The summed E-state index contributed by atoms with van der Waals surface area (Å²) in [5.41, 5.74) is 5.81. The third-order valence-corrected chi connectivity index (χ3v) is 7.37. The number of guanidine groups is 1. The Morgan fingerprint density at radius 3 is 2.81 bits per heavy atom. The average Bonchev–Trinajstić information content (AvgIpc) is 3.23. The minimum Gasteiger partial charge on any atom is -0.369 e. The molecule has 0 saturated carbocycles. The number of nitrogens with one attached hydrogen (secondary N) is 2. The monoisotopic (exact) mass is 467 g/mol. The Balaban J connectivity index is 1.88. The Hall–Kier alpha value is -2.47. The smallest absolute Gasteiger partial charge is 0.243 e. The average molecular weight is 468 g/mol. The normalized spacial score (nSPS) is 17.2. The molecule has 2 aromatic rings. The highest BCUT2D eigenvalue weighted by atomic mass is 35.5. The van der Waals surface area contributed by atoms with Gasteiger partial charge in [0.15, 0.2) is 0 Å². The summed E-state index contributed by atoms with van der Waals surface area (Å²) in [6.07, 6.45) is 4.05. The molecule has 0 spiro atoms. The maximum Gasteiger partial charge on any atom is 0.243 e. The number of likely N-dealkylation sites (N-methyl/N-ethyl adjacent to an activating group) is 1. The van der Waals surface area contributed by atoms with Gasteiger partial charge in [-0.2, -0.15) is 4.31 Å². The van der Waals surface area contributed by atoms with Crippen LogP contribution in [0.25, 0.3) is 10.8 Å². The molecule has 1 fully saturated rings. The van der Waals surface area contributed by atoms with Crippen molar-refractivity contribution in [1.82, 2.24) is 19.5 Å². The molecule has 10 nitrogen and oxygen atoms in total. The number of fused-ring (bicyclic) bond motifs is 1. The van der Waals surface area contributed by atoms with Crippen molar-refractivity contribution in [3.63, 3.8) is 0 Å². The van der Waals surface area contributed by atoms with Crippen LogP contribution in [0.4, 0.5) is 5.69 Å². The fraction of sp³-hybridized carbons (Fsp3) is 0.421. The van der Waals surface area contributed by atoms with E-state index >= 15 is 0 Å². The molecule has 0 aliphatic carbocycles. The van der Waals surface area contributed by atoms with E-state index in [4.69, 9.17) is 22.9 Å². The molecule has 12 heteroatoms. The quantitative estimate of drug-likeness (QED) is 0.313. The van der Waals surface area contributed by atoms with Gasteiger partial charge in [-0.25, -0.2) is 12.8 Å². The van der Waals surface area contributed by atoms with Crippen molar-refractivity contribution >= 4 is 50.1 Å². The molecule has 1 aliphatic heterocycles. The van der Waals surface area contributed by atoms with Crippen molar-refractivity contribution in [1.29, 1.82) is 5.41 Å². The van der Waals surface area contributed by atoms with E-state index in [2.05, 4.69) is 10.3 Å². The van der Waals surface area contributed by atoms with Gasteiger partial charge < -0.3 is 16.0 Å². The molecule has 168 valence electrons. The predicted octanol–water partition coefficient (Wildman–Crippen LogP) is 0.919. The van der Waals surface area contributed by atoms with Gasteiger partial charge in [0.05, 0.1) is 16.8 Å². The Bertz CT molecular complexity index is 1090. The zero-order chi connectivity index (χ0) is 22.8. The number of aromatic nitrogens is 1. The molecule has 3 rings (SSSR count). The number of carbonyl (C=O) groups is 1. The number of carbonyl (C=O) groups excluding carboxylic acids is 1. The molecule has 4 N–H and O–H groups in total. The van der Waals surface area contributed by atoms with E-state index in [0.29, 0.717) is 42.4 Å². The molecular weight excluding hydrogens is 442 g/mol. The van der Waals surface area contributed by atoms with Gasteiger partial charge in [0, 0.05) is 48.4 Å². The first-order valence-electron chi connectivity index (χ1n) is 9.75. The summed E-state index contributed by atoms with van der Waals surface area (Å²) >= 11 is 6.04. The topological polar surface area (TPSA) is 136 Å². The molecule has 31 heavy (non-hydrogen) atoms. The second-order valence-corrected chi connectivity index (χ2v) is 9.80. The van der Waals surface area contributed by atoms with E-state index in [9.17, 15) is 13.2 Å². The first-order valence-corrected chi connectivity index (χ1v) is 11.5. The summed E-state index contributed by atoms with van der Waals surface area (Å²) in [5, 5.41) is 11.4. The van der Waals surface area contributed by atoms with Gasteiger partial charge in [-0.05, 0) is 39.1 Å². The molecule has 1 unspecified atom stereocenters. The molecule has 1 aliphatic rings. The zero-order valence-corrected chi connectivity index (χ0v) is 18.9. The summed E-state index contributed by atoms with van der Waals surface area (Å²) in [6, 6.07) is 3.82. The predicted molar refractivity (Wildman–Crippen MR) is 120 cm³/mol. The van der Waals surface area contributed by atoms with Crippen LogP contribution < -0.4 is 15.5 Å². The number of anilines is 1. The molecular formula is C19H26ClN7O3S. The Morgan fingerprint density at radius 1 is 1.39 bits per heavy atom. The number of nitrogens with zero attached hydrogens (tertiary/aromatic N) is 4. The van der Waals surface area contributed by atoms with Crippen LogP contribution in [-0.4, -0.2) is 74.2 Å². The van der Waals surface area contributed by atoms with Gasteiger partial charge in [-0.3, -0.25) is 15.2 Å². The van der Waals surface area contributed by atoms with E-state index in [1.54, 1.807) is 6.07 Å². The van der Waals surface area contributed by atoms with E-state index in [-0.39, 0.29) is 23.3 Å². The largest absolute Gasteiger partial charge is 0.369 e. The highest BCUT2D eigenvalue weighted by Crippen LogP contribution is 2.31. The van der Waals surface area contributed by atoms with Crippen molar-refractivity contribution in [3.8, 4) is 0 Å². The van der Waals surface area contributed by atoms with E-state index in [1.807, 2.05) is 19.0 Å². The van der Waals surface area contributed by atoms with Gasteiger partial charge in [0.25, 0.3) is 0 Å². The van der Waals surface area contributed by atoms with Gasteiger partial charge in [-0.1, -0.05) is 6.07 Å². The summed E-state index contributed by atoms with van der Waals surface area (Å²) in [4.78, 5) is 18.7. The maximum atomic E-state index is 13.3. The van der Waals surface area contributed by atoms with Crippen LogP contribution in [0.5, 0.6) is 0 Å². The number of amides is 1. The van der Waals surface area contributed by atoms with Gasteiger partial charge >= 0.3 is 0 Å². The molecule has 1 aromatic heterocycles. The number of hydrogen-bond donors (Lipinski definition) is 3. The second-order valence-electron chi connectivity index (χ2n) is 7.58. The van der Waals surface area contributed by atoms with Crippen molar-refractivity contribution in [3.05, 3.63) is 30.6 Å². The Labute approximate surface area is 186 Å². The minimum atomic E-state index is -3.89. The second kappa shape index (κ2) is 9.35. The van der Waals surface area contributed by atoms with E-state index < -0.39 is 16.1 Å². The van der Waals surface area contributed by atoms with Gasteiger partial charge in [-0.15, -0.1) is 0 Å². The number of sulfonamides is 1. The summed E-state index contributed by atoms with van der Waals surface area (Å²) < 4.78 is 28.9. The molecule has 0 radical (unpaired) electrons. The standard InChI is InChI=1S/C19H26ClN7O3S/c1-25(2)9-7-24-18(28)16-4-3-8-26(16)31(29,30)14-5-6-15-13(10-14)11-23-12-17(15)27(20)19(21)22/h5-6,10-12,16H,3-4,7-9H2,1-2H3,(H3,21,22)(H,24,28). The van der Waals surface area contributed by atoms with Crippen molar-refractivity contribution < 1.29 is 13.2 Å². The first kappa shape index (κ1) is 23.2. The number of benzene rings is 1. The van der Waals surface area contributed by atoms with E-state index in [1.165, 1.54) is 28.8 Å². The minimum absolute atomic E-state index is 0.0656. The van der Waals surface area contributed by atoms with Crippen molar-refractivity contribution in [2.75, 3.05) is 38.1 Å². The summed E-state index contributed by atoms with van der Waals surface area (Å²) in [6.45, 7) is 1.40. The summed E-state index contributed by atoms with van der Waals surface area (Å²) in [5.74, 6) is -0.667. The number of halogens is 1. The fourth-order valence-corrected chi connectivity index (χ4v) is 5.36. The maximum absolute atomic E-state index is 13.3. The lowest BCUT2D eigenvalue weighted by molar-refractivity contribution is -0.124. The van der Waals surface area contributed by atoms with Crippen LogP contribution in [0.3, 0.4) is 0 Å². The SMILES string of the molecule is CN(C)CCNC(=O)C1CCCN1S(=O)(=O)c1ccc2c(N(Cl)C(=N)N)cncc2c1. The highest BCUT2D eigenvalue weighted by Gasteiger charge is 2.39. The fourth-order valence-electron chi connectivity index (χ4n) is 3.53. The number of hydrogen-bond acceptors (Lipinski definition) is 6. The van der Waals surface area contributed by atoms with Crippen molar-refractivity contribution in [2.45, 2.75) is 23.8 Å². The lowest BCUT2D eigenvalue weighted by Gasteiger charge is -2.24. The van der Waals surface area contributed by atoms with Gasteiger partial charge in [0.1, 0.15) is 6.04 Å². The number of pyridine rings is 1. The van der Waals surface area contributed by atoms with Crippen LogP contribution in [0.2, 0.25) is 0 Å². The van der Waals surface area contributed by atoms with Gasteiger partial charge in [0.2, 0.25) is 21.9 Å². The summed E-state index contributed by atoms with van der Waals surface area (Å²) in [7, 11) is -0.0921. The Morgan fingerprint density at radius 2 is 2.13 bits per heavy atom. The molecule has 1 amide bonds. The van der Waals surface area contributed by atoms with Crippen molar-refractivity contribution in [2.24, 2.45) is 5.73 Å². The van der Waals surface area contributed by atoms with Crippen LogP contribution >= 0.6 is 11.8 Å². The third kappa shape index (κ3) is 4.90. The Kier molecular flexibility index (Phi) is 6.99. The highest BCUT2D eigenvalue weighted by molar-refractivity contribution is 7.89. The van der Waals surface area contributed by atoms with Crippen LogP contribution in [0.1, 0.15) is 12.8 Å². The molecule has 1 aromatic carbocycles. The molecule has 1 atom stereocenters. The number of nitrogens with two attached hydrogens (primary N) is 1. The number of rotatable bonds is 7. The lowest BCUT2D eigenvalue weighted by atomic mass is 10.1. The molecule has 0 bridgehead atoms.